The maximum atomic E-state index is 14.2. The fourth-order valence-corrected chi connectivity index (χ4v) is 2.78. The van der Waals surface area contributed by atoms with E-state index in [-0.39, 0.29) is 5.82 Å². The molecule has 18 heavy (non-hydrogen) atoms. The molecule has 0 saturated heterocycles. The Labute approximate surface area is 113 Å². The van der Waals surface area contributed by atoms with Gasteiger partial charge in [-0.15, -0.1) is 0 Å². The lowest BCUT2D eigenvalue weighted by Gasteiger charge is -2.37. The quantitative estimate of drug-likeness (QED) is 0.631. The van der Waals surface area contributed by atoms with Gasteiger partial charge in [-0.2, -0.15) is 4.99 Å². The summed E-state index contributed by atoms with van der Waals surface area (Å²) in [6.07, 6.45) is 3.88. The molecule has 1 saturated carbocycles. The zero-order valence-electron chi connectivity index (χ0n) is 10.0. The van der Waals surface area contributed by atoms with Crippen molar-refractivity contribution >= 4 is 22.0 Å². The number of rotatable bonds is 4. The summed E-state index contributed by atoms with van der Waals surface area (Å²) in [4.78, 5) is 14.4. The van der Waals surface area contributed by atoms with E-state index in [1.807, 2.05) is 0 Å². The molecular formula is C13H13BrFNO2. The molecule has 96 valence electrons. The Bertz CT molecular complexity index is 508. The third-order valence-electron chi connectivity index (χ3n) is 3.34. The van der Waals surface area contributed by atoms with E-state index in [1.54, 1.807) is 25.3 Å². The van der Waals surface area contributed by atoms with Gasteiger partial charge in [-0.1, -0.05) is 0 Å². The Morgan fingerprint density at radius 3 is 2.78 bits per heavy atom. The average Bonchev–Trinajstić information content (AvgIpc) is 2.29. The zero-order chi connectivity index (χ0) is 13.2. The first-order valence-corrected chi connectivity index (χ1v) is 6.48. The Kier molecular flexibility index (Phi) is 3.95. The van der Waals surface area contributed by atoms with Gasteiger partial charge in [-0.05, 0) is 52.9 Å². The molecule has 1 aromatic rings. The molecule has 0 unspecified atom stereocenters. The molecule has 0 N–H and O–H groups in total. The van der Waals surface area contributed by atoms with Gasteiger partial charge in [0, 0.05) is 12.7 Å². The highest BCUT2D eigenvalue weighted by Gasteiger charge is 2.41. The van der Waals surface area contributed by atoms with Crippen molar-refractivity contribution in [1.29, 1.82) is 0 Å². The molecule has 1 aliphatic rings. The second kappa shape index (κ2) is 5.31. The van der Waals surface area contributed by atoms with Crippen molar-refractivity contribution in [1.82, 2.24) is 0 Å². The Hall–Kier alpha value is -1.03. The number of hydrogen-bond acceptors (Lipinski definition) is 3. The molecule has 0 heterocycles. The summed E-state index contributed by atoms with van der Waals surface area (Å²) in [5, 5.41) is 0. The first kappa shape index (κ1) is 13.4. The normalized spacial score (nSPS) is 16.8. The number of benzene rings is 1. The lowest BCUT2D eigenvalue weighted by molar-refractivity contribution is 0.184. The first-order chi connectivity index (χ1) is 8.63. The van der Waals surface area contributed by atoms with Gasteiger partial charge in [-0.3, -0.25) is 0 Å². The van der Waals surface area contributed by atoms with E-state index in [0.29, 0.717) is 29.5 Å². The minimum absolute atomic E-state index is 0.353. The maximum absolute atomic E-state index is 14.2. The Balaban J connectivity index is 2.51. The van der Waals surface area contributed by atoms with Crippen LogP contribution < -0.4 is 0 Å². The standard InChI is InChI=1S/C13H13BrFNO2/c1-18-7-9-5-10(12(15)11(14)6-9)13(16-8-17)3-2-4-13/h5-6H,2-4,7H2,1H3. The van der Waals surface area contributed by atoms with Crippen molar-refractivity contribution < 1.29 is 13.9 Å². The van der Waals surface area contributed by atoms with Crippen LogP contribution in [0, 0.1) is 5.82 Å². The summed E-state index contributed by atoms with van der Waals surface area (Å²) < 4.78 is 19.6. The molecule has 0 amide bonds. The topological polar surface area (TPSA) is 38.7 Å². The predicted molar refractivity (Wildman–Crippen MR) is 68.5 cm³/mol. The smallest absolute Gasteiger partial charge is 0.235 e. The second-order valence-corrected chi connectivity index (χ2v) is 5.31. The number of nitrogens with zero attached hydrogens (tertiary/aromatic N) is 1. The number of hydrogen-bond donors (Lipinski definition) is 0. The van der Waals surface area contributed by atoms with Crippen LogP contribution in [0.5, 0.6) is 0 Å². The van der Waals surface area contributed by atoms with Crippen LogP contribution in [0.2, 0.25) is 0 Å². The summed E-state index contributed by atoms with van der Waals surface area (Å²) in [7, 11) is 1.58. The number of ether oxygens (including phenoxy) is 1. The maximum Gasteiger partial charge on any atom is 0.235 e. The highest BCUT2D eigenvalue weighted by atomic mass is 79.9. The minimum atomic E-state index is -0.724. The zero-order valence-corrected chi connectivity index (χ0v) is 11.6. The molecule has 1 fully saturated rings. The summed E-state index contributed by atoms with van der Waals surface area (Å²) >= 11 is 3.19. The third kappa shape index (κ3) is 2.26. The molecule has 0 atom stereocenters. The fourth-order valence-electron chi connectivity index (χ4n) is 2.27. The average molecular weight is 314 g/mol. The monoisotopic (exact) mass is 313 g/mol. The third-order valence-corrected chi connectivity index (χ3v) is 3.92. The van der Waals surface area contributed by atoms with Crippen molar-refractivity contribution in [2.75, 3.05) is 7.11 Å². The summed E-state index contributed by atoms with van der Waals surface area (Å²) in [6.45, 7) is 0.396. The van der Waals surface area contributed by atoms with Crippen molar-refractivity contribution in [3.8, 4) is 0 Å². The Morgan fingerprint density at radius 2 is 2.28 bits per heavy atom. The van der Waals surface area contributed by atoms with Gasteiger partial charge >= 0.3 is 0 Å². The van der Waals surface area contributed by atoms with Crippen LogP contribution in [0.4, 0.5) is 4.39 Å². The van der Waals surface area contributed by atoms with Crippen molar-refractivity contribution in [3.63, 3.8) is 0 Å². The van der Waals surface area contributed by atoms with E-state index in [4.69, 9.17) is 4.74 Å². The number of halogens is 2. The van der Waals surface area contributed by atoms with Crippen molar-refractivity contribution in [2.45, 2.75) is 31.4 Å². The van der Waals surface area contributed by atoms with E-state index < -0.39 is 5.54 Å². The lowest BCUT2D eigenvalue weighted by atomic mass is 9.72. The van der Waals surface area contributed by atoms with Crippen LogP contribution in [-0.2, 0) is 21.7 Å². The van der Waals surface area contributed by atoms with Crippen molar-refractivity contribution in [3.05, 3.63) is 33.5 Å². The molecule has 0 bridgehead atoms. The molecule has 0 spiro atoms. The van der Waals surface area contributed by atoms with Gasteiger partial charge < -0.3 is 4.74 Å². The van der Waals surface area contributed by atoms with E-state index in [2.05, 4.69) is 20.9 Å². The van der Waals surface area contributed by atoms with Gasteiger partial charge in [0.15, 0.2) is 0 Å². The summed E-state index contributed by atoms with van der Waals surface area (Å²) in [5.74, 6) is -0.353. The summed E-state index contributed by atoms with van der Waals surface area (Å²) in [5.41, 5.74) is 0.588. The van der Waals surface area contributed by atoms with Gasteiger partial charge in [-0.25, -0.2) is 9.18 Å². The van der Waals surface area contributed by atoms with Crippen LogP contribution in [-0.4, -0.2) is 13.2 Å². The predicted octanol–water partition coefficient (Wildman–Crippen LogP) is 3.45. The van der Waals surface area contributed by atoms with E-state index >= 15 is 0 Å². The number of isocyanates is 1. The SMILES string of the molecule is COCc1cc(Br)c(F)c(C2(N=C=O)CCC2)c1. The lowest BCUT2D eigenvalue weighted by Crippen LogP contribution is -2.33. The van der Waals surface area contributed by atoms with Gasteiger partial charge in [0.2, 0.25) is 6.08 Å². The highest BCUT2D eigenvalue weighted by Crippen LogP contribution is 2.46. The molecule has 0 aromatic heterocycles. The van der Waals surface area contributed by atoms with E-state index in [9.17, 15) is 9.18 Å². The molecule has 3 nitrogen and oxygen atoms in total. The van der Waals surface area contributed by atoms with Crippen LogP contribution in [0.25, 0.3) is 0 Å². The minimum Gasteiger partial charge on any atom is -0.380 e. The van der Waals surface area contributed by atoms with Gasteiger partial charge in [0.25, 0.3) is 0 Å². The van der Waals surface area contributed by atoms with E-state index in [1.165, 1.54) is 0 Å². The van der Waals surface area contributed by atoms with Crippen LogP contribution in [0.15, 0.2) is 21.6 Å². The van der Waals surface area contributed by atoms with Gasteiger partial charge in [0.1, 0.15) is 11.4 Å². The Morgan fingerprint density at radius 1 is 1.56 bits per heavy atom. The fraction of sp³-hybridized carbons (Fsp3) is 0.462. The largest absolute Gasteiger partial charge is 0.380 e. The molecule has 1 aromatic carbocycles. The van der Waals surface area contributed by atoms with Crippen LogP contribution in [0.3, 0.4) is 0 Å². The molecular weight excluding hydrogens is 301 g/mol. The van der Waals surface area contributed by atoms with Crippen LogP contribution >= 0.6 is 15.9 Å². The van der Waals surface area contributed by atoms with Crippen molar-refractivity contribution in [2.24, 2.45) is 4.99 Å². The molecule has 1 aliphatic carbocycles. The molecule has 0 aliphatic heterocycles. The molecule has 0 radical (unpaired) electrons. The number of carbonyl (C=O) groups excluding carboxylic acids is 1. The summed E-state index contributed by atoms with van der Waals surface area (Å²) in [6, 6.07) is 3.41. The van der Waals surface area contributed by atoms with E-state index in [0.717, 1.165) is 12.0 Å². The van der Waals surface area contributed by atoms with Gasteiger partial charge in [0.05, 0.1) is 11.1 Å². The highest BCUT2D eigenvalue weighted by molar-refractivity contribution is 9.10. The first-order valence-electron chi connectivity index (χ1n) is 5.69. The second-order valence-electron chi connectivity index (χ2n) is 4.46. The van der Waals surface area contributed by atoms with Crippen LogP contribution in [0.1, 0.15) is 30.4 Å². The number of methoxy groups -OCH3 is 1. The molecule has 5 heteroatoms. The molecule has 2 rings (SSSR count). The number of aliphatic imine (C=N–C) groups is 1.